The smallest absolute Gasteiger partial charge is 0.245 e. The maximum atomic E-state index is 14.4. The molecule has 2 fully saturated rings. The number of amides is 2. The van der Waals surface area contributed by atoms with Gasteiger partial charge in [0.05, 0.1) is 40.8 Å². The molecule has 2 aliphatic rings. The van der Waals surface area contributed by atoms with Gasteiger partial charge in [0.2, 0.25) is 11.8 Å². The first-order valence-electron chi connectivity index (χ1n) is 21.8. The van der Waals surface area contributed by atoms with Gasteiger partial charge in [-0.05, 0) is 93.3 Å². The number of aromatic amines is 2. The summed E-state index contributed by atoms with van der Waals surface area (Å²) in [7, 11) is 0. The Morgan fingerprint density at radius 3 is 1.87 bits per heavy atom. The van der Waals surface area contributed by atoms with E-state index in [1.165, 1.54) is 0 Å². The zero-order valence-corrected chi connectivity index (χ0v) is 35.3. The summed E-state index contributed by atoms with van der Waals surface area (Å²) in [6, 6.07) is 33.6. The van der Waals surface area contributed by atoms with Crippen LogP contribution in [0.3, 0.4) is 0 Å². The number of benzene rings is 4. The molecule has 10 nitrogen and oxygen atoms in total. The lowest BCUT2D eigenvalue weighted by molar-refractivity contribution is -0.139. The van der Waals surface area contributed by atoms with E-state index in [-0.39, 0.29) is 36.0 Å². The molecule has 2 saturated heterocycles. The zero-order valence-electron chi connectivity index (χ0n) is 35.3. The SMILES string of the molecule is CCN(CC)C(C(=O)N1CCC[C@H]1c1[nH]cnc1-c1cccc(C#Cc2ccc3nc([C@@H]4CCCN4C(=O)[C@@H](c4ccccc4)N(CC)CC)[nH]c3c2)c1)c1ccccc1. The minimum atomic E-state index is -0.337. The molecule has 4 aromatic carbocycles. The fourth-order valence-corrected chi connectivity index (χ4v) is 9.37. The van der Waals surface area contributed by atoms with Crippen molar-refractivity contribution in [3.8, 4) is 23.1 Å². The van der Waals surface area contributed by atoms with Crippen LogP contribution in [0.5, 0.6) is 0 Å². The first kappa shape index (κ1) is 40.7. The molecule has 60 heavy (non-hydrogen) atoms. The second-order valence-corrected chi connectivity index (χ2v) is 15.8. The van der Waals surface area contributed by atoms with Gasteiger partial charge >= 0.3 is 0 Å². The van der Waals surface area contributed by atoms with Crippen molar-refractivity contribution >= 4 is 22.8 Å². The number of hydrogen-bond donors (Lipinski definition) is 2. The van der Waals surface area contributed by atoms with Crippen molar-refractivity contribution in [2.45, 2.75) is 77.5 Å². The molecule has 0 aliphatic carbocycles. The topological polar surface area (TPSA) is 104 Å². The predicted molar refractivity (Wildman–Crippen MR) is 238 cm³/mol. The molecule has 10 heteroatoms. The van der Waals surface area contributed by atoms with Crippen LogP contribution in [0, 0.1) is 11.8 Å². The van der Waals surface area contributed by atoms with Gasteiger partial charge in [0.1, 0.15) is 17.9 Å². The number of carbonyl (C=O) groups is 2. The van der Waals surface area contributed by atoms with Gasteiger partial charge in [0.15, 0.2) is 0 Å². The molecule has 0 saturated carbocycles. The van der Waals surface area contributed by atoms with Crippen LogP contribution in [0.2, 0.25) is 0 Å². The molecule has 0 spiro atoms. The van der Waals surface area contributed by atoms with Crippen LogP contribution in [0.25, 0.3) is 22.3 Å². The van der Waals surface area contributed by atoms with Crippen molar-refractivity contribution in [3.63, 3.8) is 0 Å². The van der Waals surface area contributed by atoms with Crippen molar-refractivity contribution < 1.29 is 9.59 Å². The Hall–Kier alpha value is -6.02. The van der Waals surface area contributed by atoms with Crippen LogP contribution in [-0.2, 0) is 9.59 Å². The number of hydrogen-bond acceptors (Lipinski definition) is 6. The highest BCUT2D eigenvalue weighted by molar-refractivity contribution is 5.85. The summed E-state index contributed by atoms with van der Waals surface area (Å²) in [6.07, 6.45) is 5.35. The van der Waals surface area contributed by atoms with Gasteiger partial charge in [0, 0.05) is 29.8 Å². The lowest BCUT2D eigenvalue weighted by Crippen LogP contribution is -2.43. The molecule has 4 atom stereocenters. The normalized spacial score (nSPS) is 17.6. The van der Waals surface area contributed by atoms with Crippen molar-refractivity contribution in [3.05, 3.63) is 143 Å². The molecule has 2 aliphatic heterocycles. The molecule has 4 heterocycles. The minimum absolute atomic E-state index is 0.0976. The van der Waals surface area contributed by atoms with E-state index >= 15 is 0 Å². The maximum absolute atomic E-state index is 14.4. The minimum Gasteiger partial charge on any atom is -0.346 e. The number of nitrogens with one attached hydrogen (secondary N) is 2. The summed E-state index contributed by atoms with van der Waals surface area (Å²) in [6.45, 7) is 13.0. The second-order valence-electron chi connectivity index (χ2n) is 15.8. The van der Waals surface area contributed by atoms with Gasteiger partial charge in [-0.25, -0.2) is 9.97 Å². The summed E-state index contributed by atoms with van der Waals surface area (Å²) >= 11 is 0. The average Bonchev–Trinajstić information content (AvgIpc) is 4.13. The highest BCUT2D eigenvalue weighted by atomic mass is 16.2. The Kier molecular flexibility index (Phi) is 12.6. The van der Waals surface area contributed by atoms with Gasteiger partial charge in [-0.1, -0.05) is 112 Å². The lowest BCUT2D eigenvalue weighted by atomic mass is 10.00. The van der Waals surface area contributed by atoms with E-state index in [0.717, 1.165) is 108 Å². The molecule has 1 unspecified atom stereocenters. The van der Waals surface area contributed by atoms with Gasteiger partial charge in [0.25, 0.3) is 0 Å². The third-order valence-electron chi connectivity index (χ3n) is 12.4. The number of aromatic nitrogens is 4. The van der Waals surface area contributed by atoms with E-state index in [0.29, 0.717) is 13.1 Å². The second kappa shape index (κ2) is 18.5. The molecule has 308 valence electrons. The lowest BCUT2D eigenvalue weighted by Gasteiger charge is -2.34. The standard InChI is InChI=1S/C50H56N8O2/c1-5-55(6-2)46(37-19-11-9-12-20-37)49(59)57-30-16-24-42(57)45-44(51-34-52-45)39-23-15-18-35(32-39)26-27-36-28-29-40-41(33-36)54-48(53-40)43-25-17-31-58(43)50(60)47(56(7-3)8-4)38-21-13-10-14-22-38/h9-15,18-23,28-29,32-34,42-43,46-47H,5-8,16-17,24-25,30-31H2,1-4H3,(H,51,52)(H,53,54)/t42-,43-,46?,47+/m0/s1. The highest BCUT2D eigenvalue weighted by Gasteiger charge is 2.40. The average molecular weight is 801 g/mol. The van der Waals surface area contributed by atoms with E-state index in [4.69, 9.17) is 9.97 Å². The van der Waals surface area contributed by atoms with Crippen molar-refractivity contribution in [1.82, 2.24) is 39.5 Å². The summed E-state index contributed by atoms with van der Waals surface area (Å²) < 4.78 is 0. The Balaban J connectivity index is 1.01. The first-order chi connectivity index (χ1) is 29.4. The third-order valence-corrected chi connectivity index (χ3v) is 12.4. The molecule has 8 rings (SSSR count). The van der Waals surface area contributed by atoms with Crippen LogP contribution < -0.4 is 0 Å². The fraction of sp³-hybridized carbons (Fsp3) is 0.360. The number of likely N-dealkylation sites (N-methyl/N-ethyl adjacent to an activating group) is 2. The number of nitrogens with zero attached hydrogens (tertiary/aromatic N) is 6. The van der Waals surface area contributed by atoms with E-state index in [1.807, 2.05) is 71.6 Å². The van der Waals surface area contributed by atoms with Gasteiger partial charge in [-0.3, -0.25) is 19.4 Å². The Morgan fingerprint density at radius 2 is 1.27 bits per heavy atom. The monoisotopic (exact) mass is 800 g/mol. The van der Waals surface area contributed by atoms with Crippen LogP contribution in [-0.4, -0.2) is 90.6 Å². The van der Waals surface area contributed by atoms with E-state index in [1.54, 1.807) is 6.33 Å². The molecule has 2 amide bonds. The van der Waals surface area contributed by atoms with Crippen LogP contribution in [0.4, 0.5) is 0 Å². The Bertz CT molecular complexity index is 2460. The molecule has 0 bridgehead atoms. The summed E-state index contributed by atoms with van der Waals surface area (Å²) in [5, 5.41) is 0. The summed E-state index contributed by atoms with van der Waals surface area (Å²) in [5.41, 5.74) is 8.32. The number of H-pyrrole nitrogens is 2. The predicted octanol–water partition coefficient (Wildman–Crippen LogP) is 8.85. The van der Waals surface area contributed by atoms with Crippen LogP contribution in [0.1, 0.15) is 111 Å². The maximum Gasteiger partial charge on any atom is 0.245 e. The fourth-order valence-electron chi connectivity index (χ4n) is 9.37. The van der Waals surface area contributed by atoms with Crippen molar-refractivity contribution in [2.24, 2.45) is 0 Å². The van der Waals surface area contributed by atoms with E-state index < -0.39 is 0 Å². The third kappa shape index (κ3) is 8.25. The number of carbonyl (C=O) groups excluding carboxylic acids is 2. The van der Waals surface area contributed by atoms with E-state index in [9.17, 15) is 9.59 Å². The molecule has 6 aromatic rings. The van der Waals surface area contributed by atoms with E-state index in [2.05, 4.69) is 101 Å². The number of imidazole rings is 2. The molecular formula is C50H56N8O2. The van der Waals surface area contributed by atoms with Crippen LogP contribution >= 0.6 is 0 Å². The zero-order chi connectivity index (χ0) is 41.6. The van der Waals surface area contributed by atoms with Gasteiger partial charge < -0.3 is 19.8 Å². The highest BCUT2D eigenvalue weighted by Crippen LogP contribution is 2.39. The van der Waals surface area contributed by atoms with Crippen molar-refractivity contribution in [2.75, 3.05) is 39.3 Å². The van der Waals surface area contributed by atoms with Gasteiger partial charge in [-0.15, -0.1) is 0 Å². The Labute approximate surface area is 354 Å². The molecule has 2 N–H and O–H groups in total. The largest absolute Gasteiger partial charge is 0.346 e. The first-order valence-corrected chi connectivity index (χ1v) is 21.8. The van der Waals surface area contributed by atoms with Gasteiger partial charge in [-0.2, -0.15) is 0 Å². The molecule has 0 radical (unpaired) electrons. The molecule has 2 aromatic heterocycles. The number of rotatable bonds is 13. The molecular weight excluding hydrogens is 745 g/mol. The number of likely N-dealkylation sites (tertiary alicyclic amines) is 2. The summed E-state index contributed by atoms with van der Waals surface area (Å²) in [5.74, 6) is 7.85. The quantitative estimate of drug-likeness (QED) is 0.113. The number of fused-ring (bicyclic) bond motifs is 1. The van der Waals surface area contributed by atoms with Crippen LogP contribution in [0.15, 0.2) is 109 Å². The summed E-state index contributed by atoms with van der Waals surface area (Å²) in [4.78, 5) is 54.1. The Morgan fingerprint density at radius 1 is 0.700 bits per heavy atom. The van der Waals surface area contributed by atoms with Crippen molar-refractivity contribution in [1.29, 1.82) is 0 Å².